The van der Waals surface area contributed by atoms with Gasteiger partial charge in [-0.15, -0.1) is 0 Å². The molecule has 4 heteroatoms. The van der Waals surface area contributed by atoms with Crippen molar-refractivity contribution in [1.82, 2.24) is 15.5 Å². The molecule has 78 valence electrons. The van der Waals surface area contributed by atoms with Gasteiger partial charge in [0, 0.05) is 20.1 Å². The van der Waals surface area contributed by atoms with Gasteiger partial charge >= 0.3 is 0 Å². The highest BCUT2D eigenvalue weighted by molar-refractivity contribution is 7.80. The van der Waals surface area contributed by atoms with E-state index < -0.39 is 0 Å². The number of hydrogen-bond donors (Lipinski definition) is 2. The van der Waals surface area contributed by atoms with Crippen molar-refractivity contribution in [3.63, 3.8) is 0 Å². The summed E-state index contributed by atoms with van der Waals surface area (Å²) in [6.07, 6.45) is 0. The Morgan fingerprint density at radius 2 is 1.92 bits per heavy atom. The molecule has 0 unspecified atom stereocenters. The molecule has 0 spiro atoms. The van der Waals surface area contributed by atoms with E-state index in [1.165, 1.54) is 0 Å². The first kappa shape index (κ1) is 12.7. The Bertz CT molecular complexity index is 166. The van der Waals surface area contributed by atoms with Crippen LogP contribution in [0, 0.1) is 5.41 Å². The summed E-state index contributed by atoms with van der Waals surface area (Å²) in [5, 5.41) is 6.78. The first-order chi connectivity index (χ1) is 5.87. The maximum atomic E-state index is 5.00. The number of thiocarbonyl (C=S) groups is 1. The molecule has 0 amide bonds. The third kappa shape index (κ3) is 6.78. The van der Waals surface area contributed by atoms with Crippen molar-refractivity contribution < 1.29 is 0 Å². The second-order valence-electron chi connectivity index (χ2n) is 4.33. The van der Waals surface area contributed by atoms with Crippen LogP contribution in [0.3, 0.4) is 0 Å². The lowest BCUT2D eigenvalue weighted by Crippen LogP contribution is -2.42. The van der Waals surface area contributed by atoms with E-state index in [0.717, 1.165) is 13.1 Å². The predicted octanol–water partition coefficient (Wildman–Crippen LogP) is 0.668. The third-order valence-electron chi connectivity index (χ3n) is 1.70. The predicted molar refractivity (Wildman–Crippen MR) is 62.0 cm³/mol. The zero-order valence-electron chi connectivity index (χ0n) is 9.27. The van der Waals surface area contributed by atoms with Gasteiger partial charge in [0.2, 0.25) is 0 Å². The second-order valence-corrected chi connectivity index (χ2v) is 4.74. The molecule has 0 saturated carbocycles. The lowest BCUT2D eigenvalue weighted by molar-refractivity contribution is 0.241. The van der Waals surface area contributed by atoms with Gasteiger partial charge in [-0.05, 0) is 31.7 Å². The van der Waals surface area contributed by atoms with Gasteiger partial charge in [0.25, 0.3) is 0 Å². The standard InChI is InChI=1S/C9H21N3S/c1-9(2,7-12(4)5)6-11-8(13)10-3/h6-7H2,1-5H3,(H2,10,11,13). The summed E-state index contributed by atoms with van der Waals surface area (Å²) < 4.78 is 0. The van der Waals surface area contributed by atoms with Gasteiger partial charge < -0.3 is 15.5 Å². The Morgan fingerprint density at radius 1 is 1.38 bits per heavy atom. The second kappa shape index (κ2) is 5.40. The number of nitrogens with one attached hydrogen (secondary N) is 2. The van der Waals surface area contributed by atoms with E-state index in [-0.39, 0.29) is 5.41 Å². The highest BCUT2D eigenvalue weighted by Gasteiger charge is 2.18. The summed E-state index contributed by atoms with van der Waals surface area (Å²) in [6.45, 7) is 6.38. The monoisotopic (exact) mass is 203 g/mol. The molecule has 0 fully saturated rings. The molecular formula is C9H21N3S. The third-order valence-corrected chi connectivity index (χ3v) is 2.05. The highest BCUT2D eigenvalue weighted by atomic mass is 32.1. The molecule has 3 nitrogen and oxygen atoms in total. The van der Waals surface area contributed by atoms with Crippen molar-refractivity contribution in [3.8, 4) is 0 Å². The molecule has 0 radical (unpaired) electrons. The van der Waals surface area contributed by atoms with Crippen LogP contribution < -0.4 is 10.6 Å². The summed E-state index contributed by atoms with van der Waals surface area (Å²) in [7, 11) is 5.99. The normalized spacial score (nSPS) is 11.5. The minimum atomic E-state index is 0.240. The Balaban J connectivity index is 3.81. The van der Waals surface area contributed by atoms with Crippen LogP contribution in [0.15, 0.2) is 0 Å². The van der Waals surface area contributed by atoms with E-state index in [1.54, 1.807) is 0 Å². The Hall–Kier alpha value is -0.350. The maximum absolute atomic E-state index is 5.00. The summed E-state index contributed by atoms with van der Waals surface area (Å²) in [5.74, 6) is 0. The van der Waals surface area contributed by atoms with E-state index in [0.29, 0.717) is 5.11 Å². The van der Waals surface area contributed by atoms with Crippen molar-refractivity contribution >= 4 is 17.3 Å². The SMILES string of the molecule is CNC(=S)NCC(C)(C)CN(C)C. The summed E-state index contributed by atoms with van der Waals surface area (Å²) in [5.41, 5.74) is 0.240. The van der Waals surface area contributed by atoms with Crippen LogP contribution in [0.2, 0.25) is 0 Å². The number of hydrogen-bond acceptors (Lipinski definition) is 2. The Morgan fingerprint density at radius 3 is 2.31 bits per heavy atom. The molecule has 0 aliphatic rings. The van der Waals surface area contributed by atoms with E-state index in [4.69, 9.17) is 12.2 Å². The van der Waals surface area contributed by atoms with Gasteiger partial charge in [-0.3, -0.25) is 0 Å². The highest BCUT2D eigenvalue weighted by Crippen LogP contribution is 2.13. The molecule has 0 aromatic heterocycles. The van der Waals surface area contributed by atoms with Gasteiger partial charge in [-0.25, -0.2) is 0 Å². The lowest BCUT2D eigenvalue weighted by Gasteiger charge is -2.28. The minimum absolute atomic E-state index is 0.240. The van der Waals surface area contributed by atoms with E-state index in [9.17, 15) is 0 Å². The van der Waals surface area contributed by atoms with E-state index in [2.05, 4.69) is 43.5 Å². The quantitative estimate of drug-likeness (QED) is 0.657. The summed E-state index contributed by atoms with van der Waals surface area (Å²) in [4.78, 5) is 2.18. The van der Waals surface area contributed by atoms with Crippen LogP contribution in [0.4, 0.5) is 0 Å². The molecule has 0 atom stereocenters. The minimum Gasteiger partial charge on any atom is -0.366 e. The van der Waals surface area contributed by atoms with Crippen molar-refractivity contribution in [3.05, 3.63) is 0 Å². The zero-order chi connectivity index (χ0) is 10.5. The number of rotatable bonds is 4. The van der Waals surface area contributed by atoms with Gasteiger partial charge in [0.1, 0.15) is 0 Å². The molecule has 0 heterocycles. The molecule has 0 aromatic rings. The van der Waals surface area contributed by atoms with E-state index in [1.807, 2.05) is 7.05 Å². The van der Waals surface area contributed by atoms with Crippen LogP contribution in [0.5, 0.6) is 0 Å². The number of nitrogens with zero attached hydrogens (tertiary/aromatic N) is 1. The summed E-state index contributed by atoms with van der Waals surface area (Å²) in [6, 6.07) is 0. The van der Waals surface area contributed by atoms with Gasteiger partial charge in [0.05, 0.1) is 0 Å². The smallest absolute Gasteiger partial charge is 0.166 e. The molecule has 2 N–H and O–H groups in total. The average Bonchev–Trinajstić information content (AvgIpc) is 1.98. The fourth-order valence-electron chi connectivity index (χ4n) is 1.32. The molecule has 0 rings (SSSR count). The van der Waals surface area contributed by atoms with E-state index >= 15 is 0 Å². The zero-order valence-corrected chi connectivity index (χ0v) is 10.1. The molecule has 13 heavy (non-hydrogen) atoms. The van der Waals surface area contributed by atoms with Gasteiger partial charge in [0.15, 0.2) is 5.11 Å². The van der Waals surface area contributed by atoms with Crippen LogP contribution in [-0.2, 0) is 0 Å². The Labute approximate surface area is 86.9 Å². The van der Waals surface area contributed by atoms with Crippen LogP contribution in [0.1, 0.15) is 13.8 Å². The van der Waals surface area contributed by atoms with Crippen LogP contribution >= 0.6 is 12.2 Å². The molecule has 0 aliphatic heterocycles. The Kier molecular flexibility index (Phi) is 5.25. The largest absolute Gasteiger partial charge is 0.366 e. The van der Waals surface area contributed by atoms with Crippen molar-refractivity contribution in [1.29, 1.82) is 0 Å². The first-order valence-corrected chi connectivity index (χ1v) is 4.88. The molecule has 0 aliphatic carbocycles. The van der Waals surface area contributed by atoms with Crippen molar-refractivity contribution in [2.24, 2.45) is 5.41 Å². The topological polar surface area (TPSA) is 27.3 Å². The van der Waals surface area contributed by atoms with Gasteiger partial charge in [-0.2, -0.15) is 0 Å². The fraction of sp³-hybridized carbons (Fsp3) is 0.889. The molecular weight excluding hydrogens is 182 g/mol. The van der Waals surface area contributed by atoms with Crippen LogP contribution in [0.25, 0.3) is 0 Å². The van der Waals surface area contributed by atoms with Crippen LogP contribution in [-0.4, -0.2) is 44.2 Å². The lowest BCUT2D eigenvalue weighted by atomic mass is 9.93. The first-order valence-electron chi connectivity index (χ1n) is 4.48. The maximum Gasteiger partial charge on any atom is 0.166 e. The fourth-order valence-corrected chi connectivity index (χ4v) is 1.39. The molecule has 0 bridgehead atoms. The molecule has 0 saturated heterocycles. The average molecular weight is 203 g/mol. The van der Waals surface area contributed by atoms with Crippen molar-refractivity contribution in [2.75, 3.05) is 34.2 Å². The van der Waals surface area contributed by atoms with Crippen molar-refractivity contribution in [2.45, 2.75) is 13.8 Å². The molecule has 0 aromatic carbocycles. The van der Waals surface area contributed by atoms with Gasteiger partial charge in [-0.1, -0.05) is 13.8 Å². The summed E-state index contributed by atoms with van der Waals surface area (Å²) >= 11 is 5.00.